The van der Waals surface area contributed by atoms with Gasteiger partial charge in [0.25, 0.3) is 17.7 Å². The molecule has 0 radical (unpaired) electrons. The first-order chi connectivity index (χ1) is 43.8. The molecular formula is C65H68N9O15P3. The molecule has 3 aromatic heterocycles. The number of carboxylic acids is 1. The van der Waals surface area contributed by atoms with E-state index >= 15 is 0 Å². The lowest BCUT2D eigenvalue weighted by Gasteiger charge is -2.26. The maximum absolute atomic E-state index is 13.3. The molecule has 3 unspecified atom stereocenters. The van der Waals surface area contributed by atoms with Crippen LogP contribution in [0.15, 0.2) is 121 Å². The zero-order valence-corrected chi connectivity index (χ0v) is 53.6. The molecular weight excluding hydrogens is 1240 g/mol. The molecule has 5 heterocycles. The predicted molar refractivity (Wildman–Crippen MR) is 344 cm³/mol. The Morgan fingerprint density at radius 2 is 0.815 bits per heavy atom. The van der Waals surface area contributed by atoms with Crippen LogP contribution < -0.4 is 41.1 Å². The number of rotatable bonds is 22. The minimum Gasteiger partial charge on any atom is -0.497 e. The topological polar surface area (TPSA) is 321 Å². The summed E-state index contributed by atoms with van der Waals surface area (Å²) in [6.45, 7) is 6.46. The number of ether oxygens (including phenoxy) is 3. The van der Waals surface area contributed by atoms with E-state index in [9.17, 15) is 52.3 Å². The summed E-state index contributed by atoms with van der Waals surface area (Å²) in [5.41, 5.74) is 4.57. The Balaban J connectivity index is 0.995. The Hall–Kier alpha value is -9.07. The Bertz CT molecular complexity index is 4080. The number of nitrogens with one attached hydrogen (secondary N) is 2. The number of methoxy groups -OCH3 is 1. The lowest BCUT2D eigenvalue weighted by molar-refractivity contribution is -0.140. The van der Waals surface area contributed by atoms with Gasteiger partial charge in [0.15, 0.2) is 13.2 Å². The highest BCUT2D eigenvalue weighted by molar-refractivity contribution is 7.65. The molecule has 0 bridgehead atoms. The molecule has 3 atom stereocenters. The lowest BCUT2D eigenvalue weighted by Crippen LogP contribution is -2.38. The standard InChI is InChI=1S/C65H68N9O15P3/c1-87-55-17-11-46(12-18-55)5-8-49-35-52(68-60(38-49)90(2,81)82)41-71-29-31-72(33-34-73(32-30-71)43-54-37-51(40-62(70-54)92(4,85)86)10-7-48-15-21-57(22-16-48)89-45-65(79)80)42-53-36-50(39-61(69-53)91(3,83)84)9-6-47-13-19-56(20-14-47)88-44-59(76)67-27-26-66-58(75)25-28-74-63(77)23-24-64(74)78/h11-24,35-40H,25-34,41-45H2,1-4H3,(H,66,75)(H,67,76)(H,79,80)(H,81,82)(H,83,84)(H,85,86). The summed E-state index contributed by atoms with van der Waals surface area (Å²) in [5, 5.41) is 14.3. The quantitative estimate of drug-likeness (QED) is 0.0246. The highest BCUT2D eigenvalue weighted by atomic mass is 31.2. The fourth-order valence-electron chi connectivity index (χ4n) is 9.24. The minimum atomic E-state index is -3.93. The average Bonchev–Trinajstić information content (AvgIpc) is 1.08. The Morgan fingerprint density at radius 1 is 0.489 bits per heavy atom. The van der Waals surface area contributed by atoms with Crippen molar-refractivity contribution in [1.29, 1.82) is 0 Å². The number of carboxylic acid groups (broad SMARTS) is 1. The fourth-order valence-corrected chi connectivity index (χ4v) is 11.3. The second-order valence-corrected chi connectivity index (χ2v) is 28.3. The molecule has 2 aliphatic heterocycles. The van der Waals surface area contributed by atoms with Crippen LogP contribution in [0.3, 0.4) is 0 Å². The van der Waals surface area contributed by atoms with Gasteiger partial charge in [0, 0.05) is 150 Å². The van der Waals surface area contributed by atoms with E-state index in [0.717, 1.165) is 17.1 Å². The zero-order chi connectivity index (χ0) is 66.0. The maximum atomic E-state index is 13.3. The number of hydrogen-bond donors (Lipinski definition) is 6. The van der Waals surface area contributed by atoms with Crippen molar-refractivity contribution in [1.82, 2.24) is 45.2 Å². The van der Waals surface area contributed by atoms with E-state index in [1.807, 2.05) is 12.1 Å². The molecule has 0 spiro atoms. The van der Waals surface area contributed by atoms with E-state index < -0.39 is 52.4 Å². The number of nitrogens with zero attached hydrogens (tertiary/aromatic N) is 7. The summed E-state index contributed by atoms with van der Waals surface area (Å²) in [6.07, 6.45) is 2.21. The van der Waals surface area contributed by atoms with Crippen LogP contribution in [0.1, 0.15) is 56.9 Å². The summed E-state index contributed by atoms with van der Waals surface area (Å²) < 4.78 is 56.0. The largest absolute Gasteiger partial charge is 0.497 e. The number of amides is 4. The molecule has 92 heavy (non-hydrogen) atoms. The van der Waals surface area contributed by atoms with Gasteiger partial charge in [-0.3, -0.25) is 52.5 Å². The minimum absolute atomic E-state index is 0.000405. The van der Waals surface area contributed by atoms with Crippen LogP contribution in [0, 0.1) is 35.5 Å². The van der Waals surface area contributed by atoms with Crippen molar-refractivity contribution >= 4 is 68.0 Å². The second-order valence-electron chi connectivity index (χ2n) is 21.7. The van der Waals surface area contributed by atoms with Crippen molar-refractivity contribution in [3.05, 3.63) is 172 Å². The van der Waals surface area contributed by atoms with E-state index in [2.05, 4.69) is 75.8 Å². The molecule has 6 aromatic rings. The molecule has 8 rings (SSSR count). The molecule has 1 saturated heterocycles. The van der Waals surface area contributed by atoms with Crippen molar-refractivity contribution in [2.24, 2.45) is 0 Å². The third kappa shape index (κ3) is 21.8. The Labute approximate surface area is 532 Å². The average molecular weight is 1310 g/mol. The summed E-state index contributed by atoms with van der Waals surface area (Å²) >= 11 is 0. The number of carbonyl (C=O) groups excluding carboxylic acids is 4. The van der Waals surface area contributed by atoms with E-state index in [0.29, 0.717) is 107 Å². The number of imide groups is 1. The first kappa shape index (κ1) is 68.8. The van der Waals surface area contributed by atoms with Gasteiger partial charge in [-0.1, -0.05) is 35.5 Å². The fraction of sp³-hybridized carbons (Fsp3) is 0.292. The lowest BCUT2D eigenvalue weighted by atomic mass is 10.1. The van der Waals surface area contributed by atoms with Gasteiger partial charge in [0.05, 0.1) is 24.2 Å². The number of pyridine rings is 3. The van der Waals surface area contributed by atoms with Gasteiger partial charge < -0.3 is 44.6 Å². The third-order valence-electron chi connectivity index (χ3n) is 14.0. The molecule has 3 aromatic carbocycles. The molecule has 24 nitrogen and oxygen atoms in total. The summed E-state index contributed by atoms with van der Waals surface area (Å²) in [6, 6.07) is 30.2. The van der Waals surface area contributed by atoms with Crippen molar-refractivity contribution in [3.8, 4) is 52.8 Å². The number of aliphatic carboxylic acids is 1. The van der Waals surface area contributed by atoms with Crippen molar-refractivity contribution in [2.45, 2.75) is 26.1 Å². The summed E-state index contributed by atoms with van der Waals surface area (Å²) in [7, 11) is -10.1. The molecule has 4 amide bonds. The molecule has 2 aliphatic rings. The van der Waals surface area contributed by atoms with Gasteiger partial charge >= 0.3 is 5.97 Å². The zero-order valence-electron chi connectivity index (χ0n) is 50.9. The first-order valence-corrected chi connectivity index (χ1v) is 35.2. The van der Waals surface area contributed by atoms with Gasteiger partial charge in [0.1, 0.15) is 33.6 Å². The van der Waals surface area contributed by atoms with Gasteiger partial charge in [-0.2, -0.15) is 0 Å². The second kappa shape index (κ2) is 31.8. The summed E-state index contributed by atoms with van der Waals surface area (Å²) in [4.78, 5) is 113. The number of benzene rings is 3. The van der Waals surface area contributed by atoms with Gasteiger partial charge in [0.2, 0.25) is 28.0 Å². The molecule has 6 N–H and O–H groups in total. The van der Waals surface area contributed by atoms with Crippen LogP contribution in [0.4, 0.5) is 0 Å². The van der Waals surface area contributed by atoms with Gasteiger partial charge in [-0.25, -0.2) is 19.7 Å². The molecule has 27 heteroatoms. The van der Waals surface area contributed by atoms with Crippen LogP contribution in [-0.4, -0.2) is 183 Å². The van der Waals surface area contributed by atoms with Crippen LogP contribution >= 0.6 is 22.1 Å². The van der Waals surface area contributed by atoms with E-state index in [4.69, 9.17) is 19.3 Å². The molecule has 0 saturated carbocycles. The van der Waals surface area contributed by atoms with Crippen LogP contribution in [0.25, 0.3) is 0 Å². The number of hydrogen-bond acceptors (Lipinski definition) is 17. The number of carbonyl (C=O) groups is 5. The maximum Gasteiger partial charge on any atom is 0.341 e. The van der Waals surface area contributed by atoms with Crippen LogP contribution in [-0.2, 0) is 57.3 Å². The predicted octanol–water partition coefficient (Wildman–Crippen LogP) is 2.87. The van der Waals surface area contributed by atoms with Crippen molar-refractivity contribution in [2.75, 3.05) is 99.2 Å². The molecule has 0 aliphatic carbocycles. The highest BCUT2D eigenvalue weighted by Gasteiger charge is 2.26. The smallest absolute Gasteiger partial charge is 0.341 e. The van der Waals surface area contributed by atoms with E-state index in [1.54, 1.807) is 86.0 Å². The monoisotopic (exact) mass is 1310 g/mol. The van der Waals surface area contributed by atoms with Crippen molar-refractivity contribution < 1.29 is 71.7 Å². The molecule has 1 fully saturated rings. The van der Waals surface area contributed by atoms with Crippen molar-refractivity contribution in [3.63, 3.8) is 0 Å². The SMILES string of the molecule is COc1ccc(C#Cc2cc(CN3CCN(Cc4cc(C#Cc5ccc(OCC(=O)O)cc5)cc(P(C)(=O)O)n4)CCN(Cc4cc(C#Cc5ccc(OCC(=O)NCCNC(=O)CCN6C(=O)C=CC6=O)cc5)cc(P(C)(=O)O)n4)CC3)nc(P(C)(=O)O)c2)cc1. The Kier molecular flexibility index (Phi) is 23.8. The van der Waals surface area contributed by atoms with Crippen LogP contribution in [0.5, 0.6) is 17.2 Å². The Morgan fingerprint density at radius 3 is 1.15 bits per heavy atom. The van der Waals surface area contributed by atoms with E-state index in [1.165, 1.54) is 38.2 Å². The van der Waals surface area contributed by atoms with Gasteiger partial charge in [-0.05, 0) is 109 Å². The van der Waals surface area contributed by atoms with E-state index in [-0.39, 0.29) is 74.5 Å². The summed E-state index contributed by atoms with van der Waals surface area (Å²) in [5.74, 6) is 17.1. The normalized spacial score (nSPS) is 15.6. The first-order valence-electron chi connectivity index (χ1n) is 28.9. The van der Waals surface area contributed by atoms with Gasteiger partial charge in [-0.15, -0.1) is 0 Å². The highest BCUT2D eigenvalue weighted by Crippen LogP contribution is 2.35. The number of aromatic nitrogens is 3. The van der Waals surface area contributed by atoms with Crippen LogP contribution in [0.2, 0.25) is 0 Å². The third-order valence-corrected chi connectivity index (χ3v) is 17.3. The molecule has 478 valence electrons.